The zero-order chi connectivity index (χ0) is 33.6. The Morgan fingerprint density at radius 3 is 1.26 bits per heavy atom. The Balaban J connectivity index is 4.01. The summed E-state index contributed by atoms with van der Waals surface area (Å²) < 4.78 is 6.22. The van der Waals surface area contributed by atoms with Crippen molar-refractivity contribution in [3.05, 3.63) is 48.6 Å². The first kappa shape index (κ1) is 44.4. The Kier molecular flexibility index (Phi) is 36.5. The summed E-state index contributed by atoms with van der Waals surface area (Å²) in [7, 11) is 4.20. The minimum absolute atomic E-state index is 0.239. The van der Waals surface area contributed by atoms with E-state index in [9.17, 15) is 0 Å². The van der Waals surface area contributed by atoms with Crippen molar-refractivity contribution in [3.8, 4) is 0 Å². The molecule has 1 N–H and O–H groups in total. The molecule has 0 bridgehead atoms. The molecule has 0 heterocycles. The zero-order valence-electron chi connectivity index (χ0n) is 31.6. The maximum absolute atomic E-state index is 8.40. The van der Waals surface area contributed by atoms with Crippen molar-refractivity contribution < 1.29 is 4.74 Å². The van der Waals surface area contributed by atoms with E-state index in [4.69, 9.17) is 10.1 Å². The average molecular weight is 641 g/mol. The first-order valence-electron chi connectivity index (χ1n) is 20.1. The lowest BCUT2D eigenvalue weighted by Gasteiger charge is -2.20. The van der Waals surface area contributed by atoms with Crippen LogP contribution in [0.2, 0.25) is 0 Å². The number of allylic oxidation sites excluding steroid dienone is 8. The van der Waals surface area contributed by atoms with Gasteiger partial charge in [0.25, 0.3) is 0 Å². The van der Waals surface area contributed by atoms with E-state index in [1.165, 1.54) is 141 Å². The van der Waals surface area contributed by atoms with Crippen molar-refractivity contribution in [1.82, 2.24) is 4.90 Å². The van der Waals surface area contributed by atoms with Crippen LogP contribution >= 0.6 is 0 Å². The molecule has 0 aromatic rings. The minimum atomic E-state index is 0.239. The van der Waals surface area contributed by atoms with Crippen LogP contribution in [0.4, 0.5) is 0 Å². The molecule has 0 aliphatic rings. The van der Waals surface area contributed by atoms with Gasteiger partial charge in [0.2, 0.25) is 0 Å². The monoisotopic (exact) mass is 641 g/mol. The predicted octanol–water partition coefficient (Wildman–Crippen LogP) is 14.1. The first-order chi connectivity index (χ1) is 22.6. The van der Waals surface area contributed by atoms with Crippen LogP contribution in [0.3, 0.4) is 0 Å². The lowest BCUT2D eigenvalue weighted by Crippen LogP contribution is -2.20. The number of hydrogen-bond acceptors (Lipinski definition) is 3. The minimum Gasteiger partial charge on any atom is -0.478 e. The molecule has 3 heteroatoms. The summed E-state index contributed by atoms with van der Waals surface area (Å²) in [6, 6.07) is 0. The molecule has 0 atom stereocenters. The van der Waals surface area contributed by atoms with Gasteiger partial charge in [-0.05, 0) is 117 Å². The van der Waals surface area contributed by atoms with E-state index in [2.05, 4.69) is 81.5 Å². The average Bonchev–Trinajstić information content (AvgIpc) is 3.04. The second kappa shape index (κ2) is 37.8. The van der Waals surface area contributed by atoms with E-state index < -0.39 is 0 Å². The summed E-state index contributed by atoms with van der Waals surface area (Å²) in [4.78, 5) is 2.19. The Morgan fingerprint density at radius 1 is 0.500 bits per heavy atom. The number of rotatable bonds is 35. The molecular weight excluding hydrogens is 560 g/mol. The topological polar surface area (TPSA) is 36.3 Å². The van der Waals surface area contributed by atoms with Crippen molar-refractivity contribution in [2.45, 2.75) is 200 Å². The number of nitrogens with one attached hydrogen (secondary N) is 1. The normalized spacial score (nSPS) is 13.0. The van der Waals surface area contributed by atoms with Gasteiger partial charge < -0.3 is 9.64 Å². The maximum atomic E-state index is 8.40. The van der Waals surface area contributed by atoms with Crippen molar-refractivity contribution in [1.29, 1.82) is 5.41 Å². The molecular formula is C43H80N2O. The Bertz CT molecular complexity index is 687. The highest BCUT2D eigenvalue weighted by atomic mass is 16.5. The third kappa shape index (κ3) is 36.9. The fourth-order valence-electron chi connectivity index (χ4n) is 5.80. The number of nitrogens with zero attached hydrogens (tertiary/aromatic N) is 1. The second-order valence-corrected chi connectivity index (χ2v) is 13.8. The lowest BCUT2D eigenvalue weighted by atomic mass is 10.0. The molecule has 0 aliphatic heterocycles. The van der Waals surface area contributed by atoms with Gasteiger partial charge in [-0.1, -0.05) is 140 Å². The van der Waals surface area contributed by atoms with Gasteiger partial charge in [-0.3, -0.25) is 5.41 Å². The largest absolute Gasteiger partial charge is 0.478 e. The summed E-state index contributed by atoms with van der Waals surface area (Å²) in [5.74, 6) is 0.506. The van der Waals surface area contributed by atoms with Gasteiger partial charge in [0.1, 0.15) is 6.10 Å². The summed E-state index contributed by atoms with van der Waals surface area (Å²) >= 11 is 0. The summed E-state index contributed by atoms with van der Waals surface area (Å²) in [6.45, 7) is 5.55. The zero-order valence-corrected chi connectivity index (χ0v) is 31.6. The Hall–Kier alpha value is -1.61. The highest BCUT2D eigenvalue weighted by Gasteiger charge is 2.12. The summed E-state index contributed by atoms with van der Waals surface area (Å²) in [5, 5.41) is 8.40. The highest BCUT2D eigenvalue weighted by Crippen LogP contribution is 2.18. The van der Waals surface area contributed by atoms with Crippen LogP contribution in [0.1, 0.15) is 194 Å². The van der Waals surface area contributed by atoms with Gasteiger partial charge in [-0.2, -0.15) is 0 Å². The molecule has 0 radical (unpaired) electrons. The van der Waals surface area contributed by atoms with Gasteiger partial charge in [-0.15, -0.1) is 0 Å². The fourth-order valence-corrected chi connectivity index (χ4v) is 5.80. The smallest absolute Gasteiger partial charge is 0.180 e. The Morgan fingerprint density at radius 2 is 0.870 bits per heavy atom. The van der Waals surface area contributed by atoms with E-state index in [0.717, 1.165) is 45.1 Å². The van der Waals surface area contributed by atoms with Crippen molar-refractivity contribution in [2.24, 2.45) is 0 Å². The molecule has 3 nitrogen and oxygen atoms in total. The quantitative estimate of drug-likeness (QED) is 0.0324. The maximum Gasteiger partial charge on any atom is 0.180 e. The van der Waals surface area contributed by atoms with E-state index in [1.54, 1.807) is 0 Å². The van der Waals surface area contributed by atoms with Gasteiger partial charge in [0.15, 0.2) is 5.90 Å². The van der Waals surface area contributed by atoms with E-state index in [-0.39, 0.29) is 6.10 Å². The van der Waals surface area contributed by atoms with Crippen LogP contribution in [0.15, 0.2) is 48.6 Å². The van der Waals surface area contributed by atoms with Crippen LogP contribution in [-0.2, 0) is 4.74 Å². The summed E-state index contributed by atoms with van der Waals surface area (Å²) in [6.07, 6.45) is 53.9. The molecule has 0 aromatic carbocycles. The molecule has 46 heavy (non-hydrogen) atoms. The number of hydrogen-bond donors (Lipinski definition) is 1. The predicted molar refractivity (Wildman–Crippen MR) is 208 cm³/mol. The fraction of sp³-hybridized carbons (Fsp3) is 0.791. The van der Waals surface area contributed by atoms with Crippen LogP contribution < -0.4 is 0 Å². The molecule has 0 aliphatic carbocycles. The number of unbranched alkanes of at least 4 members (excludes halogenated alkanes) is 18. The van der Waals surface area contributed by atoms with Crippen LogP contribution in [0.5, 0.6) is 0 Å². The molecule has 0 spiro atoms. The third-order valence-electron chi connectivity index (χ3n) is 8.77. The standard InChI is InChI=1S/C43H80N2O/c1-5-7-9-11-13-15-17-19-21-23-25-27-29-31-33-35-38-42(46-43(44)40-37-41-45(3)4)39-36-34-32-30-28-26-24-22-20-18-16-14-12-10-8-6-2/h13-16,19-22,42,44H,5-12,17-18,23-41H2,1-4H3. The van der Waals surface area contributed by atoms with Crippen LogP contribution in [0, 0.1) is 5.41 Å². The van der Waals surface area contributed by atoms with Crippen molar-refractivity contribution in [3.63, 3.8) is 0 Å². The van der Waals surface area contributed by atoms with E-state index >= 15 is 0 Å². The highest BCUT2D eigenvalue weighted by molar-refractivity contribution is 5.72. The second-order valence-electron chi connectivity index (χ2n) is 13.8. The van der Waals surface area contributed by atoms with Gasteiger partial charge in [0.05, 0.1) is 0 Å². The first-order valence-corrected chi connectivity index (χ1v) is 20.1. The lowest BCUT2D eigenvalue weighted by molar-refractivity contribution is 0.152. The molecule has 0 saturated carbocycles. The third-order valence-corrected chi connectivity index (χ3v) is 8.77. The molecule has 0 saturated heterocycles. The van der Waals surface area contributed by atoms with E-state index in [1.807, 2.05) is 0 Å². The Labute approximate surface area is 289 Å². The molecule has 0 unspecified atom stereocenters. The van der Waals surface area contributed by atoms with Crippen LogP contribution in [0.25, 0.3) is 0 Å². The molecule has 268 valence electrons. The van der Waals surface area contributed by atoms with Crippen molar-refractivity contribution in [2.75, 3.05) is 20.6 Å². The van der Waals surface area contributed by atoms with E-state index in [0.29, 0.717) is 5.90 Å². The van der Waals surface area contributed by atoms with Gasteiger partial charge in [0, 0.05) is 6.42 Å². The molecule has 0 amide bonds. The SMILES string of the molecule is CCCCCC=CCC=CCCCCCCCCC(CCCCCCCCC=CCC=CCCCCC)OC(=N)CCCN(C)C. The number of ether oxygens (including phenoxy) is 1. The van der Waals surface area contributed by atoms with Gasteiger partial charge >= 0.3 is 0 Å². The van der Waals surface area contributed by atoms with Crippen LogP contribution in [-0.4, -0.2) is 37.5 Å². The van der Waals surface area contributed by atoms with Crippen molar-refractivity contribution >= 4 is 5.90 Å². The molecule has 0 fully saturated rings. The molecule has 0 rings (SSSR count). The summed E-state index contributed by atoms with van der Waals surface area (Å²) in [5.41, 5.74) is 0. The molecule has 0 aromatic heterocycles. The van der Waals surface area contributed by atoms with Gasteiger partial charge in [-0.25, -0.2) is 0 Å².